The molecule has 222 valence electrons. The number of hydrogen-bond donors (Lipinski definition) is 4. The molecule has 2 aliphatic rings. The average molecular weight is 585 g/mol. The van der Waals surface area contributed by atoms with Gasteiger partial charge in [-0.25, -0.2) is 0 Å². The molecule has 2 saturated heterocycles. The van der Waals surface area contributed by atoms with Crippen molar-refractivity contribution in [2.75, 3.05) is 45.3 Å². The third-order valence-electron chi connectivity index (χ3n) is 7.71. The van der Waals surface area contributed by atoms with Crippen molar-refractivity contribution in [1.82, 2.24) is 20.4 Å². The van der Waals surface area contributed by atoms with Crippen LogP contribution in [-0.2, 0) is 20.7 Å². The number of carbonyl (C=O) groups is 3. The summed E-state index contributed by atoms with van der Waals surface area (Å²) >= 11 is 1.47. The summed E-state index contributed by atoms with van der Waals surface area (Å²) in [6, 6.07) is 12.1. The van der Waals surface area contributed by atoms with Crippen molar-refractivity contribution in [3.63, 3.8) is 0 Å². The van der Waals surface area contributed by atoms with E-state index in [0.29, 0.717) is 31.9 Å². The van der Waals surface area contributed by atoms with Gasteiger partial charge in [-0.05, 0) is 44.9 Å². The summed E-state index contributed by atoms with van der Waals surface area (Å²) in [5.41, 5.74) is 1.47. The third kappa shape index (κ3) is 7.59. The lowest BCUT2D eigenvalue weighted by Crippen LogP contribution is -2.59. The summed E-state index contributed by atoms with van der Waals surface area (Å²) < 4.78 is 4.80. The number of phenolic OH excluding ortho intramolecular Hbond substituents is 1. The van der Waals surface area contributed by atoms with Crippen molar-refractivity contribution in [2.24, 2.45) is 0 Å². The van der Waals surface area contributed by atoms with Crippen molar-refractivity contribution < 1.29 is 29.3 Å². The van der Waals surface area contributed by atoms with E-state index in [-0.39, 0.29) is 29.5 Å². The third-order valence-corrected chi connectivity index (χ3v) is 9.08. The van der Waals surface area contributed by atoms with E-state index in [1.54, 1.807) is 19.1 Å². The molecule has 0 bridgehead atoms. The molecule has 3 unspecified atom stereocenters. The second kappa shape index (κ2) is 13.7. The fourth-order valence-corrected chi connectivity index (χ4v) is 6.38. The van der Waals surface area contributed by atoms with E-state index < -0.39 is 34.7 Å². The predicted molar refractivity (Wildman–Crippen MR) is 158 cm³/mol. The van der Waals surface area contributed by atoms with Crippen LogP contribution < -0.4 is 10.6 Å². The van der Waals surface area contributed by atoms with Crippen LogP contribution in [0.15, 0.2) is 48.5 Å². The number of amides is 3. The fraction of sp³-hybridized carbons (Fsp3) is 0.500. The first-order valence-corrected chi connectivity index (χ1v) is 14.9. The van der Waals surface area contributed by atoms with Gasteiger partial charge < -0.3 is 30.5 Å². The molecule has 0 aliphatic carbocycles. The Bertz CT molecular complexity index is 1220. The van der Waals surface area contributed by atoms with E-state index in [2.05, 4.69) is 15.5 Å². The number of aromatic hydroxyl groups is 1. The summed E-state index contributed by atoms with van der Waals surface area (Å²) in [6.45, 7) is 9.56. The molecule has 2 aromatic rings. The lowest BCUT2D eigenvalue weighted by Gasteiger charge is -2.33. The topological polar surface area (TPSA) is 131 Å². The Balaban J connectivity index is 1.50. The van der Waals surface area contributed by atoms with Gasteiger partial charge >= 0.3 is 0 Å². The van der Waals surface area contributed by atoms with Crippen LogP contribution >= 0.6 is 11.8 Å². The molecule has 0 saturated carbocycles. The Morgan fingerprint density at radius 2 is 1.80 bits per heavy atom. The van der Waals surface area contributed by atoms with Gasteiger partial charge in [-0.15, -0.1) is 11.8 Å². The highest BCUT2D eigenvalue weighted by Crippen LogP contribution is 2.39. The van der Waals surface area contributed by atoms with Gasteiger partial charge in [0, 0.05) is 42.1 Å². The molecule has 41 heavy (non-hydrogen) atoms. The minimum absolute atomic E-state index is 0.0207. The summed E-state index contributed by atoms with van der Waals surface area (Å²) in [4.78, 5) is 44.1. The number of benzene rings is 2. The zero-order valence-electron chi connectivity index (χ0n) is 23.8. The van der Waals surface area contributed by atoms with Crippen molar-refractivity contribution in [3.8, 4) is 5.75 Å². The molecule has 2 aromatic carbocycles. The van der Waals surface area contributed by atoms with Gasteiger partial charge in [0.25, 0.3) is 11.8 Å². The van der Waals surface area contributed by atoms with E-state index in [4.69, 9.17) is 4.74 Å². The smallest absolute Gasteiger partial charge is 0.254 e. The van der Waals surface area contributed by atoms with Crippen molar-refractivity contribution >= 4 is 29.5 Å². The molecule has 3 atom stereocenters. The SMILES string of the molecule is Cc1c(O)cccc1C(=O)NC(Cc1ccccc1)C(O)C(=O)N1CSC(C)(C)C1C(=O)NCCN1CCOCC1. The van der Waals surface area contributed by atoms with Crippen molar-refractivity contribution in [1.29, 1.82) is 0 Å². The number of carbonyl (C=O) groups excluding carboxylic acids is 3. The first kappa shape index (κ1) is 30.8. The van der Waals surface area contributed by atoms with Gasteiger partial charge in [-0.3, -0.25) is 19.3 Å². The Kier molecular flexibility index (Phi) is 10.3. The fourth-order valence-electron chi connectivity index (χ4n) is 5.24. The van der Waals surface area contributed by atoms with Crippen LogP contribution in [0.2, 0.25) is 0 Å². The first-order chi connectivity index (χ1) is 19.6. The van der Waals surface area contributed by atoms with Crippen LogP contribution in [0.25, 0.3) is 0 Å². The summed E-state index contributed by atoms with van der Waals surface area (Å²) in [5, 5.41) is 27.3. The lowest BCUT2D eigenvalue weighted by atomic mass is 9.96. The molecule has 10 nitrogen and oxygen atoms in total. The highest BCUT2D eigenvalue weighted by Gasteiger charge is 2.49. The largest absolute Gasteiger partial charge is 0.508 e. The Morgan fingerprint density at radius 3 is 2.51 bits per heavy atom. The van der Waals surface area contributed by atoms with E-state index >= 15 is 0 Å². The number of nitrogens with zero attached hydrogens (tertiary/aromatic N) is 2. The second-order valence-corrected chi connectivity index (χ2v) is 12.6. The molecular weight excluding hydrogens is 544 g/mol. The van der Waals surface area contributed by atoms with Crippen LogP contribution in [0, 0.1) is 6.92 Å². The predicted octanol–water partition coefficient (Wildman–Crippen LogP) is 1.53. The minimum Gasteiger partial charge on any atom is -0.508 e. The molecule has 0 spiro atoms. The Morgan fingerprint density at radius 1 is 1.10 bits per heavy atom. The Hall–Kier alpha value is -3.12. The van der Waals surface area contributed by atoms with Gasteiger partial charge in [0.15, 0.2) is 6.10 Å². The maximum Gasteiger partial charge on any atom is 0.254 e. The number of morpholine rings is 1. The molecule has 2 aliphatic heterocycles. The maximum atomic E-state index is 13.8. The number of aliphatic hydroxyl groups is 1. The number of thioether (sulfide) groups is 1. The zero-order chi connectivity index (χ0) is 29.6. The summed E-state index contributed by atoms with van der Waals surface area (Å²) in [6.07, 6.45) is -1.41. The van der Waals surface area contributed by atoms with Gasteiger partial charge in [-0.2, -0.15) is 0 Å². The molecule has 11 heteroatoms. The van der Waals surface area contributed by atoms with Crippen LogP contribution in [0.3, 0.4) is 0 Å². The highest BCUT2D eigenvalue weighted by atomic mass is 32.2. The van der Waals surface area contributed by atoms with Gasteiger partial charge in [0.1, 0.15) is 11.8 Å². The van der Waals surface area contributed by atoms with Crippen molar-refractivity contribution in [3.05, 3.63) is 65.2 Å². The maximum absolute atomic E-state index is 13.8. The number of rotatable bonds is 10. The van der Waals surface area contributed by atoms with Crippen molar-refractivity contribution in [2.45, 2.75) is 50.1 Å². The number of phenols is 1. The number of nitrogens with one attached hydrogen (secondary N) is 2. The van der Waals surface area contributed by atoms with E-state index in [1.807, 2.05) is 44.2 Å². The zero-order valence-corrected chi connectivity index (χ0v) is 24.7. The second-order valence-electron chi connectivity index (χ2n) is 11.0. The van der Waals surface area contributed by atoms with Crippen LogP contribution in [0.1, 0.15) is 35.3 Å². The van der Waals surface area contributed by atoms with E-state index in [0.717, 1.165) is 18.7 Å². The standard InChI is InChI=1S/C30H40N4O6S/c1-20-22(10-7-11-24(20)35)27(37)32-23(18-21-8-5-4-6-9-21)25(36)29(39)34-19-41-30(2,3)26(34)28(38)31-12-13-33-14-16-40-17-15-33/h4-11,23,25-26,35-36H,12-19H2,1-3H3,(H,31,38)(H,32,37). The quantitative estimate of drug-likeness (QED) is 0.331. The monoisotopic (exact) mass is 584 g/mol. The van der Waals surface area contributed by atoms with E-state index in [1.165, 1.54) is 22.7 Å². The molecule has 2 fully saturated rings. The normalized spacial score (nSPS) is 20.3. The first-order valence-electron chi connectivity index (χ1n) is 13.9. The summed E-state index contributed by atoms with van der Waals surface area (Å²) in [5.74, 6) is -1.19. The van der Waals surface area contributed by atoms with Crippen LogP contribution in [0.5, 0.6) is 5.75 Å². The highest BCUT2D eigenvalue weighted by molar-refractivity contribution is 8.00. The van der Waals surface area contributed by atoms with E-state index in [9.17, 15) is 24.6 Å². The average Bonchev–Trinajstić information content (AvgIpc) is 3.29. The van der Waals surface area contributed by atoms with Crippen LogP contribution in [0.4, 0.5) is 0 Å². The molecule has 3 amide bonds. The number of aliphatic hydroxyl groups excluding tert-OH is 1. The minimum atomic E-state index is -1.60. The molecule has 2 heterocycles. The molecule has 4 N–H and O–H groups in total. The number of hydrogen-bond acceptors (Lipinski definition) is 8. The molecule has 0 aromatic heterocycles. The number of ether oxygens (including phenoxy) is 1. The molecular formula is C30H40N4O6S. The van der Waals surface area contributed by atoms with Gasteiger partial charge in [0.2, 0.25) is 5.91 Å². The summed E-state index contributed by atoms with van der Waals surface area (Å²) in [7, 11) is 0. The Labute approximate surface area is 245 Å². The van der Waals surface area contributed by atoms with Crippen LogP contribution in [-0.4, -0.2) is 106 Å². The molecule has 0 radical (unpaired) electrons. The lowest BCUT2D eigenvalue weighted by molar-refractivity contribution is -0.147. The van der Waals surface area contributed by atoms with Gasteiger partial charge in [-0.1, -0.05) is 36.4 Å². The van der Waals surface area contributed by atoms with Gasteiger partial charge in [0.05, 0.1) is 25.1 Å². The molecule has 4 rings (SSSR count).